The molecule has 1 N–H and O–H groups in total. The second kappa shape index (κ2) is 8.28. The molecule has 100 valence electrons. The predicted molar refractivity (Wildman–Crippen MR) is 75.8 cm³/mol. The number of rotatable bonds is 8. The van der Waals surface area contributed by atoms with Gasteiger partial charge in [-0.25, -0.2) is 0 Å². The second-order valence-electron chi connectivity index (χ2n) is 5.20. The molecule has 0 spiro atoms. The lowest BCUT2D eigenvalue weighted by Crippen LogP contribution is -2.25. The van der Waals surface area contributed by atoms with E-state index in [4.69, 9.17) is 4.74 Å². The van der Waals surface area contributed by atoms with Crippen LogP contribution in [0.25, 0.3) is 0 Å². The highest BCUT2D eigenvalue weighted by Gasteiger charge is 2.13. The number of hydrogen-bond acceptors (Lipinski definition) is 2. The maximum Gasteiger partial charge on any atom is 0.0591 e. The smallest absolute Gasteiger partial charge is 0.0591 e. The molecule has 18 heavy (non-hydrogen) atoms. The number of hydrogen-bond donors (Lipinski definition) is 1. The van der Waals surface area contributed by atoms with Crippen molar-refractivity contribution in [1.82, 2.24) is 5.32 Å². The molecule has 2 nitrogen and oxygen atoms in total. The van der Waals surface area contributed by atoms with Crippen LogP contribution in [0.1, 0.15) is 31.2 Å². The monoisotopic (exact) mass is 247 g/mol. The first kappa shape index (κ1) is 13.6. The maximum absolute atomic E-state index is 5.64. The molecular formula is C16H25NO. The van der Waals surface area contributed by atoms with Gasteiger partial charge in [0.25, 0.3) is 0 Å². The number of nitrogens with one attached hydrogen (secondary N) is 1. The molecule has 0 heterocycles. The molecule has 1 aliphatic carbocycles. The third kappa shape index (κ3) is 5.19. The molecule has 0 saturated heterocycles. The summed E-state index contributed by atoms with van der Waals surface area (Å²) in [6.07, 6.45) is 6.72. The maximum atomic E-state index is 5.64. The van der Waals surface area contributed by atoms with Crippen LogP contribution in [-0.4, -0.2) is 26.3 Å². The minimum atomic E-state index is 0.828. The summed E-state index contributed by atoms with van der Waals surface area (Å²) in [6, 6.07) is 10.5. The molecule has 0 atom stereocenters. The molecule has 0 amide bonds. The van der Waals surface area contributed by atoms with E-state index in [1.54, 1.807) is 0 Å². The van der Waals surface area contributed by atoms with Gasteiger partial charge in [-0.1, -0.05) is 43.2 Å². The van der Waals surface area contributed by atoms with Crippen LogP contribution in [-0.2, 0) is 11.2 Å². The van der Waals surface area contributed by atoms with Gasteiger partial charge in [0.05, 0.1) is 13.2 Å². The lowest BCUT2D eigenvalue weighted by atomic mass is 10.1. The summed E-state index contributed by atoms with van der Waals surface area (Å²) in [6.45, 7) is 3.84. The summed E-state index contributed by atoms with van der Waals surface area (Å²) in [7, 11) is 0. The van der Waals surface area contributed by atoms with Gasteiger partial charge in [-0.3, -0.25) is 0 Å². The molecule has 0 aliphatic heterocycles. The van der Waals surface area contributed by atoms with Gasteiger partial charge in [0, 0.05) is 6.54 Å². The van der Waals surface area contributed by atoms with Gasteiger partial charge < -0.3 is 10.1 Å². The fourth-order valence-electron chi connectivity index (χ4n) is 2.60. The summed E-state index contributed by atoms with van der Waals surface area (Å²) in [5.74, 6) is 0.925. The van der Waals surface area contributed by atoms with Crippen molar-refractivity contribution in [2.75, 3.05) is 26.3 Å². The molecular weight excluding hydrogens is 222 g/mol. The van der Waals surface area contributed by atoms with E-state index in [2.05, 4.69) is 35.6 Å². The number of benzene rings is 1. The highest BCUT2D eigenvalue weighted by Crippen LogP contribution is 2.23. The van der Waals surface area contributed by atoms with E-state index in [1.165, 1.54) is 37.8 Å². The van der Waals surface area contributed by atoms with Crippen LogP contribution in [0, 0.1) is 5.92 Å². The first-order valence-electron chi connectivity index (χ1n) is 7.27. The minimum absolute atomic E-state index is 0.828. The highest BCUT2D eigenvalue weighted by atomic mass is 16.5. The Morgan fingerprint density at radius 1 is 1.06 bits per heavy atom. The third-order valence-corrected chi connectivity index (χ3v) is 3.71. The zero-order valence-corrected chi connectivity index (χ0v) is 11.2. The quantitative estimate of drug-likeness (QED) is 0.713. The minimum Gasteiger partial charge on any atom is -0.380 e. The molecule has 1 aromatic rings. The van der Waals surface area contributed by atoms with E-state index in [0.29, 0.717) is 0 Å². The first-order chi connectivity index (χ1) is 8.95. The van der Waals surface area contributed by atoms with Crippen molar-refractivity contribution in [3.63, 3.8) is 0 Å². The topological polar surface area (TPSA) is 21.3 Å². The van der Waals surface area contributed by atoms with Crippen LogP contribution in [0.5, 0.6) is 0 Å². The average Bonchev–Trinajstić information content (AvgIpc) is 2.92. The molecule has 1 aliphatic rings. The van der Waals surface area contributed by atoms with Crippen LogP contribution < -0.4 is 5.32 Å². The SMILES string of the molecule is c1ccc(CCOCCNCC2CCCC2)cc1. The van der Waals surface area contributed by atoms with E-state index >= 15 is 0 Å². The molecule has 2 heteroatoms. The van der Waals surface area contributed by atoms with Gasteiger partial charge in [0.15, 0.2) is 0 Å². The Hall–Kier alpha value is -0.860. The van der Waals surface area contributed by atoms with Crippen molar-refractivity contribution in [1.29, 1.82) is 0 Å². The van der Waals surface area contributed by atoms with Crippen LogP contribution in [0.3, 0.4) is 0 Å². The van der Waals surface area contributed by atoms with Crippen molar-refractivity contribution >= 4 is 0 Å². The van der Waals surface area contributed by atoms with Gasteiger partial charge in [-0.05, 0) is 37.3 Å². The van der Waals surface area contributed by atoms with Crippen LogP contribution in [0.4, 0.5) is 0 Å². The van der Waals surface area contributed by atoms with Crippen molar-refractivity contribution in [2.45, 2.75) is 32.1 Å². The van der Waals surface area contributed by atoms with Crippen LogP contribution in [0.15, 0.2) is 30.3 Å². The van der Waals surface area contributed by atoms with Crippen LogP contribution >= 0.6 is 0 Å². The van der Waals surface area contributed by atoms with Gasteiger partial charge in [-0.2, -0.15) is 0 Å². The van der Waals surface area contributed by atoms with Gasteiger partial charge >= 0.3 is 0 Å². The summed E-state index contributed by atoms with van der Waals surface area (Å²) in [5, 5.41) is 3.50. The Morgan fingerprint density at radius 2 is 1.83 bits per heavy atom. The van der Waals surface area contributed by atoms with Crippen molar-refractivity contribution < 1.29 is 4.74 Å². The molecule has 0 bridgehead atoms. The Balaban J connectivity index is 1.42. The predicted octanol–water partition coefficient (Wildman–Crippen LogP) is 3.03. The highest BCUT2D eigenvalue weighted by molar-refractivity contribution is 5.14. The molecule has 1 fully saturated rings. The van der Waals surface area contributed by atoms with E-state index < -0.39 is 0 Å². The van der Waals surface area contributed by atoms with E-state index in [-0.39, 0.29) is 0 Å². The standard InChI is InChI=1S/C16H25NO/c1-2-6-15(7-3-1)10-12-18-13-11-17-14-16-8-4-5-9-16/h1-3,6-7,16-17H,4-5,8-14H2. The Morgan fingerprint density at radius 3 is 2.61 bits per heavy atom. The molecule has 2 rings (SSSR count). The molecule has 1 aromatic carbocycles. The van der Waals surface area contributed by atoms with Crippen molar-refractivity contribution in [2.24, 2.45) is 5.92 Å². The zero-order valence-electron chi connectivity index (χ0n) is 11.2. The van der Waals surface area contributed by atoms with E-state index in [0.717, 1.165) is 32.1 Å². The number of ether oxygens (including phenoxy) is 1. The normalized spacial score (nSPS) is 16.2. The Kier molecular flexibility index (Phi) is 6.24. The lowest BCUT2D eigenvalue weighted by Gasteiger charge is -2.10. The first-order valence-corrected chi connectivity index (χ1v) is 7.27. The summed E-state index contributed by atoms with van der Waals surface area (Å²) in [5.41, 5.74) is 1.36. The Bertz CT molecular complexity index is 306. The molecule has 0 aromatic heterocycles. The second-order valence-corrected chi connectivity index (χ2v) is 5.20. The lowest BCUT2D eigenvalue weighted by molar-refractivity contribution is 0.138. The van der Waals surface area contributed by atoms with E-state index in [9.17, 15) is 0 Å². The van der Waals surface area contributed by atoms with Gasteiger partial charge in [-0.15, -0.1) is 0 Å². The Labute approximate surface area is 111 Å². The van der Waals surface area contributed by atoms with Crippen molar-refractivity contribution in [3.8, 4) is 0 Å². The average molecular weight is 247 g/mol. The summed E-state index contributed by atoms with van der Waals surface area (Å²) >= 11 is 0. The summed E-state index contributed by atoms with van der Waals surface area (Å²) in [4.78, 5) is 0. The third-order valence-electron chi connectivity index (χ3n) is 3.71. The van der Waals surface area contributed by atoms with Crippen molar-refractivity contribution in [3.05, 3.63) is 35.9 Å². The fourth-order valence-corrected chi connectivity index (χ4v) is 2.60. The zero-order chi connectivity index (χ0) is 12.5. The largest absolute Gasteiger partial charge is 0.380 e. The fraction of sp³-hybridized carbons (Fsp3) is 0.625. The van der Waals surface area contributed by atoms with Gasteiger partial charge in [0.1, 0.15) is 0 Å². The van der Waals surface area contributed by atoms with E-state index in [1.807, 2.05) is 0 Å². The molecule has 0 radical (unpaired) electrons. The van der Waals surface area contributed by atoms with Crippen LogP contribution in [0.2, 0.25) is 0 Å². The van der Waals surface area contributed by atoms with Gasteiger partial charge in [0.2, 0.25) is 0 Å². The molecule has 1 saturated carbocycles. The molecule has 0 unspecified atom stereocenters. The summed E-state index contributed by atoms with van der Waals surface area (Å²) < 4.78 is 5.64.